The van der Waals surface area contributed by atoms with Crippen molar-refractivity contribution >= 4 is 41.5 Å². The first-order chi connectivity index (χ1) is 9.13. The molecule has 0 aliphatic heterocycles. The van der Waals surface area contributed by atoms with Crippen molar-refractivity contribution < 1.29 is 9.53 Å². The lowest BCUT2D eigenvalue weighted by molar-refractivity contribution is -0.120. The number of rotatable bonds is 8. The molecule has 0 spiro atoms. The van der Waals surface area contributed by atoms with Gasteiger partial charge in [-0.2, -0.15) is 0 Å². The van der Waals surface area contributed by atoms with Crippen LogP contribution in [0.5, 0.6) is 0 Å². The van der Waals surface area contributed by atoms with E-state index in [0.717, 1.165) is 12.1 Å². The number of amides is 1. The summed E-state index contributed by atoms with van der Waals surface area (Å²) >= 11 is 11.8. The fraction of sp³-hybridized carbons (Fsp3) is 0.462. The zero-order valence-corrected chi connectivity index (χ0v) is 13.6. The molecule has 0 atom stereocenters. The second-order valence-electron chi connectivity index (χ2n) is 4.01. The van der Waals surface area contributed by atoms with Crippen molar-refractivity contribution in [1.29, 1.82) is 0 Å². The van der Waals surface area contributed by atoms with Gasteiger partial charge in [0.2, 0.25) is 5.91 Å². The standard InChI is InChI=1S/C13H18Cl2N2O2.ClH/c1-19-7-6-16-4-5-17-13(18)8-10-2-3-11(14)9-12(10)15;/h2-3,9,16H,4-8H2,1H3,(H,17,18);1H. The van der Waals surface area contributed by atoms with E-state index in [2.05, 4.69) is 10.6 Å². The molecule has 0 aromatic heterocycles. The van der Waals surface area contributed by atoms with E-state index < -0.39 is 0 Å². The predicted molar refractivity (Wildman–Crippen MR) is 85.2 cm³/mol. The molecule has 1 aromatic rings. The molecule has 114 valence electrons. The highest BCUT2D eigenvalue weighted by Crippen LogP contribution is 2.21. The van der Waals surface area contributed by atoms with E-state index in [-0.39, 0.29) is 24.7 Å². The second-order valence-corrected chi connectivity index (χ2v) is 4.85. The molecule has 2 N–H and O–H groups in total. The Morgan fingerprint density at radius 1 is 1.25 bits per heavy atom. The lowest BCUT2D eigenvalue weighted by atomic mass is 10.1. The summed E-state index contributed by atoms with van der Waals surface area (Å²) < 4.78 is 4.90. The summed E-state index contributed by atoms with van der Waals surface area (Å²) in [6.45, 7) is 2.72. The van der Waals surface area contributed by atoms with E-state index in [1.807, 2.05) is 0 Å². The van der Waals surface area contributed by atoms with E-state index in [1.54, 1.807) is 25.3 Å². The molecule has 0 bridgehead atoms. The van der Waals surface area contributed by atoms with Crippen LogP contribution >= 0.6 is 35.6 Å². The number of nitrogens with one attached hydrogen (secondary N) is 2. The molecule has 20 heavy (non-hydrogen) atoms. The van der Waals surface area contributed by atoms with Gasteiger partial charge >= 0.3 is 0 Å². The molecule has 0 unspecified atom stereocenters. The maximum Gasteiger partial charge on any atom is 0.224 e. The maximum atomic E-state index is 11.7. The van der Waals surface area contributed by atoms with Gasteiger partial charge in [0.25, 0.3) is 0 Å². The number of benzene rings is 1. The molecule has 1 rings (SSSR count). The molecular formula is C13H19Cl3N2O2. The number of carbonyl (C=O) groups excluding carboxylic acids is 1. The van der Waals surface area contributed by atoms with E-state index in [0.29, 0.717) is 29.7 Å². The molecule has 0 fully saturated rings. The Morgan fingerprint density at radius 2 is 2.00 bits per heavy atom. The molecule has 7 heteroatoms. The van der Waals surface area contributed by atoms with Crippen molar-refractivity contribution in [3.63, 3.8) is 0 Å². The highest BCUT2D eigenvalue weighted by molar-refractivity contribution is 6.35. The van der Waals surface area contributed by atoms with E-state index in [1.165, 1.54) is 0 Å². The van der Waals surface area contributed by atoms with E-state index >= 15 is 0 Å². The lowest BCUT2D eigenvalue weighted by Gasteiger charge is -2.08. The summed E-state index contributed by atoms with van der Waals surface area (Å²) in [6, 6.07) is 5.13. The summed E-state index contributed by atoms with van der Waals surface area (Å²) in [6.07, 6.45) is 0.258. The van der Waals surface area contributed by atoms with Gasteiger partial charge in [-0.15, -0.1) is 12.4 Å². The Balaban J connectivity index is 0.00000361. The van der Waals surface area contributed by atoms with Crippen molar-refractivity contribution in [2.45, 2.75) is 6.42 Å². The zero-order chi connectivity index (χ0) is 14.1. The normalized spacial score (nSPS) is 9.95. The minimum absolute atomic E-state index is 0. The largest absolute Gasteiger partial charge is 0.383 e. The third kappa shape index (κ3) is 7.92. The molecule has 4 nitrogen and oxygen atoms in total. The van der Waals surface area contributed by atoms with E-state index in [9.17, 15) is 4.79 Å². The summed E-state index contributed by atoms with van der Waals surface area (Å²) in [5.74, 6) is -0.0576. The lowest BCUT2D eigenvalue weighted by Crippen LogP contribution is -2.33. The minimum atomic E-state index is -0.0576. The third-order valence-electron chi connectivity index (χ3n) is 2.47. The second kappa shape index (κ2) is 11.2. The molecule has 0 radical (unpaired) electrons. The zero-order valence-electron chi connectivity index (χ0n) is 11.2. The topological polar surface area (TPSA) is 50.4 Å². The molecular weight excluding hydrogens is 323 g/mol. The van der Waals surface area contributed by atoms with Crippen molar-refractivity contribution in [2.24, 2.45) is 0 Å². The molecule has 0 saturated carbocycles. The highest BCUT2D eigenvalue weighted by atomic mass is 35.5. The number of hydrogen-bond donors (Lipinski definition) is 2. The van der Waals surface area contributed by atoms with Crippen LogP contribution in [0.3, 0.4) is 0 Å². The number of ether oxygens (including phenoxy) is 1. The minimum Gasteiger partial charge on any atom is -0.383 e. The van der Waals surface area contributed by atoms with Crippen LogP contribution in [-0.2, 0) is 16.0 Å². The van der Waals surface area contributed by atoms with Crippen LogP contribution < -0.4 is 10.6 Å². The summed E-state index contributed by atoms with van der Waals surface area (Å²) in [7, 11) is 1.65. The van der Waals surface area contributed by atoms with Gasteiger partial charge in [0.1, 0.15) is 0 Å². The first-order valence-electron chi connectivity index (χ1n) is 6.03. The monoisotopic (exact) mass is 340 g/mol. The summed E-state index contributed by atoms with van der Waals surface area (Å²) in [5.41, 5.74) is 0.774. The van der Waals surface area contributed by atoms with Gasteiger partial charge in [-0.05, 0) is 17.7 Å². The SMILES string of the molecule is COCCNCCNC(=O)Cc1ccc(Cl)cc1Cl.Cl. The van der Waals surface area contributed by atoms with Crippen molar-refractivity contribution in [3.8, 4) is 0 Å². The summed E-state index contributed by atoms with van der Waals surface area (Å²) in [5, 5.41) is 7.04. The third-order valence-corrected chi connectivity index (χ3v) is 3.06. The van der Waals surface area contributed by atoms with Crippen LogP contribution in [0.1, 0.15) is 5.56 Å². The molecule has 0 heterocycles. The van der Waals surface area contributed by atoms with Crippen LogP contribution in [0, 0.1) is 0 Å². The van der Waals surface area contributed by atoms with Crippen LogP contribution in [0.25, 0.3) is 0 Å². The van der Waals surface area contributed by atoms with Gasteiger partial charge < -0.3 is 15.4 Å². The van der Waals surface area contributed by atoms with Gasteiger partial charge in [0, 0.05) is 36.8 Å². The fourth-order valence-electron chi connectivity index (χ4n) is 1.49. The molecule has 0 aliphatic rings. The van der Waals surface area contributed by atoms with Gasteiger partial charge in [-0.3, -0.25) is 4.79 Å². The maximum absolute atomic E-state index is 11.7. The van der Waals surface area contributed by atoms with Crippen LogP contribution in [-0.4, -0.2) is 39.3 Å². The van der Waals surface area contributed by atoms with Gasteiger partial charge in [0.15, 0.2) is 0 Å². The number of hydrogen-bond acceptors (Lipinski definition) is 3. The van der Waals surface area contributed by atoms with Crippen LogP contribution in [0.15, 0.2) is 18.2 Å². The molecule has 0 saturated heterocycles. The highest BCUT2D eigenvalue weighted by Gasteiger charge is 2.06. The Bertz CT molecular complexity index is 417. The van der Waals surface area contributed by atoms with Gasteiger partial charge in [-0.25, -0.2) is 0 Å². The van der Waals surface area contributed by atoms with Gasteiger partial charge in [-0.1, -0.05) is 29.3 Å². The average molecular weight is 342 g/mol. The van der Waals surface area contributed by atoms with E-state index in [4.69, 9.17) is 27.9 Å². The Labute approximate surface area is 135 Å². The number of carbonyl (C=O) groups is 1. The Morgan fingerprint density at radius 3 is 2.65 bits per heavy atom. The average Bonchev–Trinajstić information content (AvgIpc) is 2.37. The van der Waals surface area contributed by atoms with Crippen molar-refractivity contribution in [2.75, 3.05) is 33.4 Å². The first-order valence-corrected chi connectivity index (χ1v) is 6.79. The van der Waals surface area contributed by atoms with Crippen LogP contribution in [0.4, 0.5) is 0 Å². The number of methoxy groups -OCH3 is 1. The summed E-state index contributed by atoms with van der Waals surface area (Å²) in [4.78, 5) is 11.7. The van der Waals surface area contributed by atoms with Crippen molar-refractivity contribution in [1.82, 2.24) is 10.6 Å². The Hall–Kier alpha value is -0.520. The van der Waals surface area contributed by atoms with Gasteiger partial charge in [0.05, 0.1) is 13.0 Å². The predicted octanol–water partition coefficient (Wildman–Crippen LogP) is 2.31. The molecule has 0 aliphatic carbocycles. The molecule has 1 amide bonds. The quantitative estimate of drug-likeness (QED) is 0.713. The molecule has 1 aromatic carbocycles. The fourth-order valence-corrected chi connectivity index (χ4v) is 1.97. The van der Waals surface area contributed by atoms with Crippen molar-refractivity contribution in [3.05, 3.63) is 33.8 Å². The Kier molecular flexibility index (Phi) is 10.9. The number of halogens is 3. The van der Waals surface area contributed by atoms with Crippen LogP contribution in [0.2, 0.25) is 10.0 Å². The first kappa shape index (κ1) is 19.5. The smallest absolute Gasteiger partial charge is 0.224 e.